The highest BCUT2D eigenvalue weighted by Gasteiger charge is 2.29. The minimum Gasteiger partial charge on any atom is -0.337 e. The van der Waals surface area contributed by atoms with Crippen LogP contribution >= 0.6 is 0 Å². The molecular weight excluding hydrogens is 274 g/mol. The van der Waals surface area contributed by atoms with Gasteiger partial charge in [-0.3, -0.25) is 0 Å². The summed E-state index contributed by atoms with van der Waals surface area (Å²) in [4.78, 5) is 16.7. The monoisotopic (exact) mass is 303 g/mol. The summed E-state index contributed by atoms with van der Waals surface area (Å²) in [5.41, 5.74) is 1.24. The van der Waals surface area contributed by atoms with Gasteiger partial charge in [-0.05, 0) is 38.8 Å². The third-order valence-corrected chi connectivity index (χ3v) is 4.78. The van der Waals surface area contributed by atoms with E-state index in [-0.39, 0.29) is 12.1 Å². The molecule has 1 saturated heterocycles. The van der Waals surface area contributed by atoms with Gasteiger partial charge in [-0.15, -0.1) is 0 Å². The summed E-state index contributed by atoms with van der Waals surface area (Å²) in [6.45, 7) is 6.86. The Labute approximate surface area is 134 Å². The number of carbonyl (C=O) groups is 1. The van der Waals surface area contributed by atoms with Crippen LogP contribution in [0.1, 0.15) is 44.7 Å². The molecule has 4 heteroatoms. The van der Waals surface area contributed by atoms with E-state index in [2.05, 4.69) is 43.2 Å². The van der Waals surface area contributed by atoms with Crippen molar-refractivity contribution in [1.82, 2.24) is 15.1 Å². The predicted octanol–water partition coefficient (Wildman–Crippen LogP) is 3.26. The van der Waals surface area contributed by atoms with Crippen molar-refractivity contribution in [3.63, 3.8) is 0 Å². The SMILES string of the molecule is CC[C@@H](C)N(C)CCNC(=O)N1CCC[C@H]1c1ccccc1. The van der Waals surface area contributed by atoms with Crippen LogP contribution < -0.4 is 5.32 Å². The van der Waals surface area contributed by atoms with E-state index < -0.39 is 0 Å². The highest BCUT2D eigenvalue weighted by atomic mass is 16.2. The first-order valence-electron chi connectivity index (χ1n) is 8.43. The smallest absolute Gasteiger partial charge is 0.317 e. The molecule has 0 saturated carbocycles. The summed E-state index contributed by atoms with van der Waals surface area (Å²) < 4.78 is 0. The van der Waals surface area contributed by atoms with E-state index in [0.29, 0.717) is 12.6 Å². The third-order valence-electron chi connectivity index (χ3n) is 4.78. The van der Waals surface area contributed by atoms with Gasteiger partial charge in [-0.2, -0.15) is 0 Å². The van der Waals surface area contributed by atoms with E-state index in [4.69, 9.17) is 0 Å². The molecule has 2 atom stereocenters. The van der Waals surface area contributed by atoms with Crippen molar-refractivity contribution in [2.24, 2.45) is 0 Å². The fourth-order valence-electron chi connectivity index (χ4n) is 3.00. The lowest BCUT2D eigenvalue weighted by Gasteiger charge is -2.27. The van der Waals surface area contributed by atoms with Crippen LogP contribution in [0.15, 0.2) is 30.3 Å². The highest BCUT2D eigenvalue weighted by Crippen LogP contribution is 2.31. The average molecular weight is 303 g/mol. The van der Waals surface area contributed by atoms with Crippen molar-refractivity contribution in [2.45, 2.75) is 45.2 Å². The second-order valence-corrected chi connectivity index (χ2v) is 6.23. The molecule has 1 aliphatic heterocycles. The number of amides is 2. The Balaban J connectivity index is 1.84. The molecule has 0 radical (unpaired) electrons. The third kappa shape index (κ3) is 4.23. The molecule has 2 rings (SSSR count). The van der Waals surface area contributed by atoms with Crippen LogP contribution in [0.5, 0.6) is 0 Å². The number of hydrogen-bond acceptors (Lipinski definition) is 2. The van der Waals surface area contributed by atoms with Crippen LogP contribution in [0.3, 0.4) is 0 Å². The molecule has 1 N–H and O–H groups in total. The molecule has 4 nitrogen and oxygen atoms in total. The van der Waals surface area contributed by atoms with Crippen molar-refractivity contribution in [3.8, 4) is 0 Å². The number of benzene rings is 1. The van der Waals surface area contributed by atoms with Gasteiger partial charge in [-0.1, -0.05) is 37.3 Å². The van der Waals surface area contributed by atoms with Crippen LogP contribution in [-0.2, 0) is 0 Å². The molecule has 1 aliphatic rings. The van der Waals surface area contributed by atoms with E-state index in [1.54, 1.807) is 0 Å². The van der Waals surface area contributed by atoms with Crippen LogP contribution in [0.2, 0.25) is 0 Å². The average Bonchev–Trinajstić information content (AvgIpc) is 3.04. The number of likely N-dealkylation sites (N-methyl/N-ethyl adjacent to an activating group) is 1. The summed E-state index contributed by atoms with van der Waals surface area (Å²) in [5.74, 6) is 0. The fraction of sp³-hybridized carbons (Fsp3) is 0.611. The van der Waals surface area contributed by atoms with Crippen molar-refractivity contribution >= 4 is 6.03 Å². The second kappa shape index (κ2) is 8.18. The summed E-state index contributed by atoms with van der Waals surface area (Å²) >= 11 is 0. The summed E-state index contributed by atoms with van der Waals surface area (Å²) in [6, 6.07) is 11.2. The largest absolute Gasteiger partial charge is 0.337 e. The van der Waals surface area contributed by atoms with Crippen molar-refractivity contribution in [1.29, 1.82) is 0 Å². The summed E-state index contributed by atoms with van der Waals surface area (Å²) in [5, 5.41) is 3.08. The molecular formula is C18H29N3O. The van der Waals surface area contributed by atoms with Gasteiger partial charge in [-0.25, -0.2) is 4.79 Å². The Hall–Kier alpha value is -1.55. The number of nitrogens with zero attached hydrogens (tertiary/aromatic N) is 2. The number of carbonyl (C=O) groups excluding carboxylic acids is 1. The maximum Gasteiger partial charge on any atom is 0.317 e. The Bertz CT molecular complexity index is 463. The van der Waals surface area contributed by atoms with Crippen LogP contribution in [0.4, 0.5) is 4.79 Å². The maximum absolute atomic E-state index is 12.4. The predicted molar refractivity (Wildman–Crippen MR) is 90.9 cm³/mol. The van der Waals surface area contributed by atoms with E-state index in [9.17, 15) is 4.79 Å². The fourth-order valence-corrected chi connectivity index (χ4v) is 3.00. The topological polar surface area (TPSA) is 35.6 Å². The van der Waals surface area contributed by atoms with Crippen LogP contribution in [-0.4, -0.2) is 48.6 Å². The van der Waals surface area contributed by atoms with Crippen molar-refractivity contribution < 1.29 is 4.79 Å². The molecule has 0 spiro atoms. The molecule has 0 aromatic heterocycles. The first-order chi connectivity index (χ1) is 10.6. The molecule has 122 valence electrons. The molecule has 1 heterocycles. The maximum atomic E-state index is 12.4. The first-order valence-corrected chi connectivity index (χ1v) is 8.43. The molecule has 2 amide bonds. The minimum atomic E-state index is 0.0731. The molecule has 0 bridgehead atoms. The van der Waals surface area contributed by atoms with Gasteiger partial charge < -0.3 is 15.1 Å². The van der Waals surface area contributed by atoms with Crippen LogP contribution in [0.25, 0.3) is 0 Å². The Morgan fingerprint density at radius 3 is 2.82 bits per heavy atom. The van der Waals surface area contributed by atoms with Crippen molar-refractivity contribution in [2.75, 3.05) is 26.7 Å². The van der Waals surface area contributed by atoms with E-state index in [0.717, 1.165) is 32.4 Å². The molecule has 1 aromatic rings. The zero-order valence-electron chi connectivity index (χ0n) is 14.1. The normalized spacial score (nSPS) is 19.5. The van der Waals surface area contributed by atoms with Gasteiger partial charge in [0.15, 0.2) is 0 Å². The Morgan fingerprint density at radius 1 is 1.41 bits per heavy atom. The highest BCUT2D eigenvalue weighted by molar-refractivity contribution is 5.75. The number of urea groups is 1. The zero-order chi connectivity index (χ0) is 15.9. The number of likely N-dealkylation sites (tertiary alicyclic amines) is 1. The Kier molecular flexibility index (Phi) is 6.25. The van der Waals surface area contributed by atoms with Gasteiger partial charge in [0.05, 0.1) is 6.04 Å². The van der Waals surface area contributed by atoms with E-state index in [1.807, 2.05) is 23.1 Å². The molecule has 1 aromatic carbocycles. The van der Waals surface area contributed by atoms with E-state index in [1.165, 1.54) is 5.56 Å². The number of rotatable bonds is 6. The lowest BCUT2D eigenvalue weighted by atomic mass is 10.1. The summed E-state index contributed by atoms with van der Waals surface area (Å²) in [7, 11) is 2.11. The van der Waals surface area contributed by atoms with Crippen molar-refractivity contribution in [3.05, 3.63) is 35.9 Å². The minimum absolute atomic E-state index is 0.0731. The lowest BCUT2D eigenvalue weighted by molar-refractivity contribution is 0.189. The van der Waals surface area contributed by atoms with Crippen LogP contribution in [0, 0.1) is 0 Å². The summed E-state index contributed by atoms with van der Waals surface area (Å²) in [6.07, 6.45) is 3.27. The molecule has 0 aliphatic carbocycles. The Morgan fingerprint density at radius 2 is 2.14 bits per heavy atom. The van der Waals surface area contributed by atoms with Gasteiger partial charge in [0.1, 0.15) is 0 Å². The molecule has 0 unspecified atom stereocenters. The lowest BCUT2D eigenvalue weighted by Crippen LogP contribution is -2.43. The quantitative estimate of drug-likeness (QED) is 0.875. The molecule has 22 heavy (non-hydrogen) atoms. The van der Waals surface area contributed by atoms with Gasteiger partial charge in [0, 0.05) is 25.7 Å². The second-order valence-electron chi connectivity index (χ2n) is 6.23. The van der Waals surface area contributed by atoms with Gasteiger partial charge >= 0.3 is 6.03 Å². The molecule has 1 fully saturated rings. The van der Waals surface area contributed by atoms with Gasteiger partial charge in [0.2, 0.25) is 0 Å². The van der Waals surface area contributed by atoms with Gasteiger partial charge in [0.25, 0.3) is 0 Å². The zero-order valence-corrected chi connectivity index (χ0v) is 14.1. The number of hydrogen-bond donors (Lipinski definition) is 1. The number of nitrogens with one attached hydrogen (secondary N) is 1. The first kappa shape index (κ1) is 16.8. The standard InChI is InChI=1S/C18H29N3O/c1-4-15(2)20(3)14-12-19-18(22)21-13-8-11-17(21)16-9-6-5-7-10-16/h5-7,9-10,15,17H,4,8,11-14H2,1-3H3,(H,19,22)/t15-,17+/m1/s1. The van der Waals surface area contributed by atoms with E-state index >= 15 is 0 Å².